The van der Waals surface area contributed by atoms with E-state index in [0.717, 1.165) is 12.1 Å². The number of hydrogen-bond acceptors (Lipinski definition) is 3. The molecule has 0 amide bonds. The van der Waals surface area contributed by atoms with E-state index in [9.17, 15) is 0 Å². The van der Waals surface area contributed by atoms with E-state index in [0.29, 0.717) is 11.7 Å². The summed E-state index contributed by atoms with van der Waals surface area (Å²) in [4.78, 5) is 3.98. The molecule has 0 saturated heterocycles. The fraction of sp³-hybridized carbons (Fsp3) is 0.286. The zero-order chi connectivity index (χ0) is 13.0. The van der Waals surface area contributed by atoms with Crippen molar-refractivity contribution in [3.05, 3.63) is 53.6 Å². The molecule has 0 bridgehead atoms. The molecule has 0 spiro atoms. The minimum absolute atomic E-state index is 0.303. The van der Waals surface area contributed by atoms with Gasteiger partial charge < -0.3 is 9.88 Å². The molecule has 92 valence electrons. The van der Waals surface area contributed by atoms with Gasteiger partial charge in [-0.25, -0.2) is 4.98 Å². The van der Waals surface area contributed by atoms with E-state index >= 15 is 0 Å². The molecule has 4 nitrogen and oxygen atoms in total. The molecule has 2 aromatic rings. The average Bonchev–Trinajstić information content (AvgIpc) is 2.86. The van der Waals surface area contributed by atoms with Crippen LogP contribution >= 0.6 is 0 Å². The van der Waals surface area contributed by atoms with Gasteiger partial charge in [0.15, 0.2) is 0 Å². The Kier molecular flexibility index (Phi) is 3.75. The number of pyridine rings is 1. The van der Waals surface area contributed by atoms with E-state index in [1.165, 1.54) is 5.69 Å². The molecule has 0 fully saturated rings. The average molecular weight is 240 g/mol. The standard InChI is InChI=1S/C14H16N4/c1-11(16-2)14-4-3-7-18(14)10-12-5-6-17-13(8-12)9-15/h3-8,11,16H,10H2,1-2H3. The largest absolute Gasteiger partial charge is 0.346 e. The number of nitriles is 1. The highest BCUT2D eigenvalue weighted by Crippen LogP contribution is 2.15. The lowest BCUT2D eigenvalue weighted by atomic mass is 10.2. The van der Waals surface area contributed by atoms with Crippen LogP contribution in [0, 0.1) is 11.3 Å². The monoisotopic (exact) mass is 240 g/mol. The van der Waals surface area contributed by atoms with Crippen molar-refractivity contribution >= 4 is 0 Å². The van der Waals surface area contributed by atoms with Crippen LogP contribution in [0.2, 0.25) is 0 Å². The van der Waals surface area contributed by atoms with Gasteiger partial charge in [0.2, 0.25) is 0 Å². The van der Waals surface area contributed by atoms with E-state index in [2.05, 4.69) is 40.1 Å². The first-order valence-corrected chi connectivity index (χ1v) is 5.92. The summed E-state index contributed by atoms with van der Waals surface area (Å²) in [5.41, 5.74) is 2.78. The maximum absolute atomic E-state index is 8.84. The molecule has 4 heteroatoms. The highest BCUT2D eigenvalue weighted by molar-refractivity contribution is 5.26. The quantitative estimate of drug-likeness (QED) is 0.890. The van der Waals surface area contributed by atoms with Gasteiger partial charge in [-0.1, -0.05) is 0 Å². The zero-order valence-electron chi connectivity index (χ0n) is 10.6. The van der Waals surface area contributed by atoms with E-state index in [1.54, 1.807) is 6.20 Å². The molecule has 0 aliphatic heterocycles. The molecule has 2 rings (SSSR count). The number of aromatic nitrogens is 2. The molecular weight excluding hydrogens is 224 g/mol. The molecule has 1 atom stereocenters. The lowest BCUT2D eigenvalue weighted by Crippen LogP contribution is -2.16. The topological polar surface area (TPSA) is 53.6 Å². The molecule has 18 heavy (non-hydrogen) atoms. The summed E-state index contributed by atoms with van der Waals surface area (Å²) in [6, 6.07) is 10.3. The molecule has 0 aliphatic rings. The predicted molar refractivity (Wildman–Crippen MR) is 70.0 cm³/mol. The lowest BCUT2D eigenvalue weighted by molar-refractivity contribution is 0.589. The van der Waals surface area contributed by atoms with Crippen LogP contribution in [-0.4, -0.2) is 16.6 Å². The van der Waals surface area contributed by atoms with Crippen LogP contribution in [0.4, 0.5) is 0 Å². The maximum atomic E-state index is 8.84. The van der Waals surface area contributed by atoms with Crippen LogP contribution in [0.15, 0.2) is 36.7 Å². The molecule has 0 aromatic carbocycles. The second kappa shape index (κ2) is 5.48. The zero-order valence-corrected chi connectivity index (χ0v) is 10.6. The lowest BCUT2D eigenvalue weighted by Gasteiger charge is -2.15. The first-order chi connectivity index (χ1) is 8.74. The van der Waals surface area contributed by atoms with Gasteiger partial charge in [-0.3, -0.25) is 0 Å². The van der Waals surface area contributed by atoms with Crippen molar-refractivity contribution in [1.29, 1.82) is 5.26 Å². The fourth-order valence-corrected chi connectivity index (χ4v) is 1.94. The Morgan fingerprint density at radius 2 is 2.33 bits per heavy atom. The van der Waals surface area contributed by atoms with Crippen molar-refractivity contribution in [2.45, 2.75) is 19.5 Å². The summed E-state index contributed by atoms with van der Waals surface area (Å²) >= 11 is 0. The van der Waals surface area contributed by atoms with E-state index in [4.69, 9.17) is 5.26 Å². The first kappa shape index (κ1) is 12.3. The molecule has 2 aromatic heterocycles. The van der Waals surface area contributed by atoms with Gasteiger partial charge >= 0.3 is 0 Å². The highest BCUT2D eigenvalue weighted by Gasteiger charge is 2.08. The van der Waals surface area contributed by atoms with Gasteiger partial charge in [0.1, 0.15) is 11.8 Å². The third-order valence-corrected chi connectivity index (χ3v) is 3.03. The fourth-order valence-electron chi connectivity index (χ4n) is 1.94. The summed E-state index contributed by atoms with van der Waals surface area (Å²) in [6.45, 7) is 2.88. The Hall–Kier alpha value is -2.12. The summed E-state index contributed by atoms with van der Waals surface area (Å²) in [5.74, 6) is 0. The Labute approximate surface area is 107 Å². The van der Waals surface area contributed by atoms with E-state index in [1.807, 2.05) is 25.2 Å². The molecule has 1 N–H and O–H groups in total. The number of nitrogens with one attached hydrogen (secondary N) is 1. The van der Waals surface area contributed by atoms with Gasteiger partial charge in [-0.15, -0.1) is 0 Å². The molecule has 2 heterocycles. The van der Waals surface area contributed by atoms with Gasteiger partial charge in [-0.2, -0.15) is 5.26 Å². The van der Waals surface area contributed by atoms with Gasteiger partial charge in [0.25, 0.3) is 0 Å². The number of rotatable bonds is 4. The number of nitrogens with zero attached hydrogens (tertiary/aromatic N) is 3. The summed E-state index contributed by atoms with van der Waals surface area (Å²) in [5, 5.41) is 12.1. The van der Waals surface area contributed by atoms with E-state index in [-0.39, 0.29) is 0 Å². The minimum Gasteiger partial charge on any atom is -0.346 e. The smallest absolute Gasteiger partial charge is 0.140 e. The SMILES string of the molecule is CNC(C)c1cccn1Cc1ccnc(C#N)c1. The highest BCUT2D eigenvalue weighted by atomic mass is 15.0. The normalized spacial score (nSPS) is 12.1. The third kappa shape index (κ3) is 2.58. The Morgan fingerprint density at radius 1 is 1.50 bits per heavy atom. The van der Waals surface area contributed by atoms with Crippen LogP contribution in [-0.2, 0) is 6.54 Å². The van der Waals surface area contributed by atoms with Crippen LogP contribution in [0.1, 0.15) is 29.9 Å². The third-order valence-electron chi connectivity index (χ3n) is 3.03. The Balaban J connectivity index is 2.24. The van der Waals surface area contributed by atoms with Crippen molar-refractivity contribution in [1.82, 2.24) is 14.9 Å². The molecule has 0 aliphatic carbocycles. The van der Waals surface area contributed by atoms with Crippen LogP contribution in [0.25, 0.3) is 0 Å². The van der Waals surface area contributed by atoms with Crippen LogP contribution in [0.5, 0.6) is 0 Å². The Bertz CT molecular complexity index is 565. The second-order valence-corrected chi connectivity index (χ2v) is 4.23. The summed E-state index contributed by atoms with van der Waals surface area (Å²) < 4.78 is 2.18. The van der Waals surface area contributed by atoms with Crippen molar-refractivity contribution < 1.29 is 0 Å². The van der Waals surface area contributed by atoms with Gasteiger partial charge in [-0.05, 0) is 43.8 Å². The maximum Gasteiger partial charge on any atom is 0.140 e. The molecule has 1 unspecified atom stereocenters. The molecular formula is C14H16N4. The summed E-state index contributed by atoms with van der Waals surface area (Å²) in [7, 11) is 1.95. The minimum atomic E-state index is 0.303. The van der Waals surface area contributed by atoms with E-state index < -0.39 is 0 Å². The van der Waals surface area contributed by atoms with Gasteiger partial charge in [0, 0.05) is 30.7 Å². The van der Waals surface area contributed by atoms with Crippen molar-refractivity contribution in [3.63, 3.8) is 0 Å². The summed E-state index contributed by atoms with van der Waals surface area (Å²) in [6.07, 6.45) is 3.73. The van der Waals surface area contributed by atoms with Crippen molar-refractivity contribution in [3.8, 4) is 6.07 Å². The predicted octanol–water partition coefficient (Wildman–Crippen LogP) is 2.08. The second-order valence-electron chi connectivity index (χ2n) is 4.23. The van der Waals surface area contributed by atoms with Crippen molar-refractivity contribution in [2.24, 2.45) is 0 Å². The van der Waals surface area contributed by atoms with Gasteiger partial charge in [0.05, 0.1) is 0 Å². The molecule has 0 radical (unpaired) electrons. The van der Waals surface area contributed by atoms with Crippen molar-refractivity contribution in [2.75, 3.05) is 7.05 Å². The first-order valence-electron chi connectivity index (χ1n) is 5.92. The number of hydrogen-bond donors (Lipinski definition) is 1. The Morgan fingerprint density at radius 3 is 3.06 bits per heavy atom. The van der Waals surface area contributed by atoms with Crippen LogP contribution in [0.3, 0.4) is 0 Å². The van der Waals surface area contributed by atoms with Crippen LogP contribution < -0.4 is 5.32 Å². The molecule has 0 saturated carbocycles.